The summed E-state index contributed by atoms with van der Waals surface area (Å²) in [6.45, 7) is 2.31. The molecule has 3 N–H and O–H groups in total. The number of hydrogen-bond donors (Lipinski definition) is 2. The van der Waals surface area contributed by atoms with E-state index in [9.17, 15) is 4.79 Å². The van der Waals surface area contributed by atoms with Gasteiger partial charge in [0.2, 0.25) is 0 Å². The molecule has 15 heavy (non-hydrogen) atoms. The maximum absolute atomic E-state index is 10.8. The highest BCUT2D eigenvalue weighted by atomic mass is 16.5. The first-order valence-electron chi connectivity index (χ1n) is 4.55. The van der Waals surface area contributed by atoms with Crippen molar-refractivity contribution in [1.82, 2.24) is 9.97 Å². The summed E-state index contributed by atoms with van der Waals surface area (Å²) in [5.41, 5.74) is 7.16. The maximum atomic E-state index is 10.8. The van der Waals surface area contributed by atoms with Crippen LogP contribution >= 0.6 is 0 Å². The van der Waals surface area contributed by atoms with Gasteiger partial charge in [0.25, 0.3) is 0 Å². The van der Waals surface area contributed by atoms with Crippen molar-refractivity contribution in [1.29, 1.82) is 0 Å². The highest BCUT2D eigenvalue weighted by Crippen LogP contribution is 2.24. The van der Waals surface area contributed by atoms with Gasteiger partial charge in [-0.2, -0.15) is 0 Å². The molecular weight excluding hydrogens is 198 g/mol. The number of carboxylic acids is 1. The highest BCUT2D eigenvalue weighted by molar-refractivity contribution is 5.74. The summed E-state index contributed by atoms with van der Waals surface area (Å²) in [7, 11) is 0. The largest absolute Gasteiger partial charge is 0.481 e. The fraction of sp³-hybridized carbons (Fsp3) is 0.444. The minimum Gasteiger partial charge on any atom is -0.481 e. The Kier molecular flexibility index (Phi) is 2.28. The number of nitrogens with two attached hydrogens (primary N) is 1. The van der Waals surface area contributed by atoms with Gasteiger partial charge in [-0.05, 0) is 6.92 Å². The van der Waals surface area contributed by atoms with E-state index >= 15 is 0 Å². The average molecular weight is 209 g/mol. The van der Waals surface area contributed by atoms with E-state index in [1.165, 1.54) is 6.92 Å². The van der Waals surface area contributed by atoms with E-state index in [4.69, 9.17) is 15.6 Å². The van der Waals surface area contributed by atoms with Crippen LogP contribution < -0.4 is 5.73 Å². The number of carboxylic acid groups (broad SMARTS) is 1. The Labute approximate surface area is 86.1 Å². The number of nitrogens with zero attached hydrogens (tertiary/aromatic N) is 2. The van der Waals surface area contributed by atoms with Gasteiger partial charge in [-0.3, -0.25) is 4.79 Å². The minimum absolute atomic E-state index is 0.240. The quantitative estimate of drug-likeness (QED) is 0.725. The second-order valence-electron chi connectivity index (χ2n) is 3.45. The third-order valence-electron chi connectivity index (χ3n) is 2.38. The normalized spacial score (nSPS) is 16.1. The zero-order chi connectivity index (χ0) is 11.0. The number of carbonyl (C=O) groups is 1. The van der Waals surface area contributed by atoms with Crippen LogP contribution in [0.3, 0.4) is 0 Å². The zero-order valence-electron chi connectivity index (χ0n) is 8.23. The lowest BCUT2D eigenvalue weighted by molar-refractivity contribution is -0.138. The molecule has 1 unspecified atom stereocenters. The molecule has 1 aromatic rings. The predicted octanol–water partition coefficient (Wildman–Crippen LogP) is 0.277. The molecule has 1 aliphatic rings. The Bertz CT molecular complexity index is 419. The molecule has 80 valence electrons. The summed E-state index contributed by atoms with van der Waals surface area (Å²) in [5.74, 6) is -1.16. The van der Waals surface area contributed by atoms with Crippen molar-refractivity contribution in [3.05, 3.63) is 17.1 Å². The topological polar surface area (TPSA) is 98.3 Å². The fourth-order valence-corrected chi connectivity index (χ4v) is 1.40. The lowest BCUT2D eigenvalue weighted by Crippen LogP contribution is -2.14. The van der Waals surface area contributed by atoms with Crippen LogP contribution in [0.25, 0.3) is 0 Å². The van der Waals surface area contributed by atoms with Crippen molar-refractivity contribution in [3.8, 4) is 0 Å². The summed E-state index contributed by atoms with van der Waals surface area (Å²) < 4.78 is 5.16. The molecule has 1 aliphatic heterocycles. The summed E-state index contributed by atoms with van der Waals surface area (Å²) in [5, 5.41) is 8.82. The van der Waals surface area contributed by atoms with Crippen LogP contribution in [0.5, 0.6) is 0 Å². The Morgan fingerprint density at radius 2 is 2.27 bits per heavy atom. The van der Waals surface area contributed by atoms with E-state index in [-0.39, 0.29) is 5.82 Å². The van der Waals surface area contributed by atoms with Gasteiger partial charge in [0.1, 0.15) is 17.6 Å². The third-order valence-corrected chi connectivity index (χ3v) is 2.38. The minimum atomic E-state index is -0.965. The molecule has 0 amide bonds. The van der Waals surface area contributed by atoms with E-state index in [2.05, 4.69) is 9.97 Å². The number of rotatable bonds is 2. The number of ether oxygens (including phenoxy) is 1. The van der Waals surface area contributed by atoms with Crippen LogP contribution in [0, 0.1) is 0 Å². The average Bonchev–Trinajstić information content (AvgIpc) is 2.64. The lowest BCUT2D eigenvalue weighted by atomic mass is 10.1. The predicted molar refractivity (Wildman–Crippen MR) is 51.0 cm³/mol. The van der Waals surface area contributed by atoms with Gasteiger partial charge in [0, 0.05) is 5.56 Å². The van der Waals surface area contributed by atoms with Crippen molar-refractivity contribution >= 4 is 11.8 Å². The van der Waals surface area contributed by atoms with Crippen LogP contribution in [0.2, 0.25) is 0 Å². The number of fused-ring (bicyclic) bond motifs is 1. The van der Waals surface area contributed by atoms with Gasteiger partial charge in [0.05, 0.1) is 18.9 Å². The number of nitrogen functional groups attached to an aromatic ring is 1. The van der Waals surface area contributed by atoms with Gasteiger partial charge in [-0.15, -0.1) is 0 Å². The Morgan fingerprint density at radius 1 is 1.53 bits per heavy atom. The van der Waals surface area contributed by atoms with Crippen LogP contribution in [0.4, 0.5) is 5.82 Å². The molecule has 1 atom stereocenters. The molecule has 0 fully saturated rings. The van der Waals surface area contributed by atoms with Crippen molar-refractivity contribution in [2.24, 2.45) is 0 Å². The molecule has 0 spiro atoms. The number of anilines is 1. The molecule has 0 aromatic carbocycles. The molecule has 2 heterocycles. The second kappa shape index (κ2) is 3.47. The van der Waals surface area contributed by atoms with Gasteiger partial charge in [-0.25, -0.2) is 9.97 Å². The first-order valence-corrected chi connectivity index (χ1v) is 4.55. The standard InChI is InChI=1S/C9H11N3O3/c1-4(9(13)14)8-11-6-3-15-2-5(6)7(10)12-8/h4H,2-3H2,1H3,(H,13,14)(H2,10,11,12). The molecule has 0 saturated carbocycles. The molecule has 0 radical (unpaired) electrons. The Morgan fingerprint density at radius 3 is 2.93 bits per heavy atom. The summed E-state index contributed by atoms with van der Waals surface area (Å²) in [6.07, 6.45) is 0. The summed E-state index contributed by atoms with van der Waals surface area (Å²) in [6, 6.07) is 0. The molecule has 6 heteroatoms. The summed E-state index contributed by atoms with van der Waals surface area (Å²) >= 11 is 0. The number of hydrogen-bond acceptors (Lipinski definition) is 5. The van der Waals surface area contributed by atoms with Crippen LogP contribution in [-0.2, 0) is 22.7 Å². The molecule has 6 nitrogen and oxygen atoms in total. The molecule has 2 rings (SSSR count). The SMILES string of the molecule is CC(C(=O)O)c1nc(N)c2c(n1)COC2. The van der Waals surface area contributed by atoms with Crippen molar-refractivity contribution in [2.45, 2.75) is 26.1 Å². The van der Waals surface area contributed by atoms with Gasteiger partial charge >= 0.3 is 5.97 Å². The van der Waals surface area contributed by atoms with E-state index in [1.54, 1.807) is 0 Å². The smallest absolute Gasteiger partial charge is 0.313 e. The molecule has 0 saturated heterocycles. The van der Waals surface area contributed by atoms with E-state index < -0.39 is 11.9 Å². The Balaban J connectivity index is 2.43. The van der Waals surface area contributed by atoms with Crippen LogP contribution in [-0.4, -0.2) is 21.0 Å². The number of aromatic nitrogens is 2. The third kappa shape index (κ3) is 1.63. The van der Waals surface area contributed by atoms with Gasteiger partial charge in [0.15, 0.2) is 0 Å². The monoisotopic (exact) mass is 209 g/mol. The second-order valence-corrected chi connectivity index (χ2v) is 3.45. The van der Waals surface area contributed by atoms with E-state index in [0.29, 0.717) is 24.7 Å². The molecular formula is C9H11N3O3. The lowest BCUT2D eigenvalue weighted by Gasteiger charge is -2.08. The van der Waals surface area contributed by atoms with Crippen molar-refractivity contribution in [2.75, 3.05) is 5.73 Å². The fourth-order valence-electron chi connectivity index (χ4n) is 1.40. The first-order chi connectivity index (χ1) is 7.09. The highest BCUT2D eigenvalue weighted by Gasteiger charge is 2.23. The molecule has 0 aliphatic carbocycles. The van der Waals surface area contributed by atoms with E-state index in [0.717, 1.165) is 5.56 Å². The van der Waals surface area contributed by atoms with Crippen molar-refractivity contribution in [3.63, 3.8) is 0 Å². The van der Waals surface area contributed by atoms with Crippen molar-refractivity contribution < 1.29 is 14.6 Å². The summed E-state index contributed by atoms with van der Waals surface area (Å²) in [4.78, 5) is 18.9. The maximum Gasteiger partial charge on any atom is 0.313 e. The van der Waals surface area contributed by atoms with Gasteiger partial charge in [-0.1, -0.05) is 0 Å². The number of aliphatic carboxylic acids is 1. The zero-order valence-corrected chi connectivity index (χ0v) is 8.23. The van der Waals surface area contributed by atoms with Crippen LogP contribution in [0.15, 0.2) is 0 Å². The molecule has 1 aromatic heterocycles. The van der Waals surface area contributed by atoms with Crippen LogP contribution in [0.1, 0.15) is 29.9 Å². The Hall–Kier alpha value is -1.69. The van der Waals surface area contributed by atoms with Gasteiger partial charge < -0.3 is 15.6 Å². The first kappa shape index (κ1) is 9.85. The molecule has 0 bridgehead atoms. The van der Waals surface area contributed by atoms with E-state index in [1.807, 2.05) is 0 Å².